The number of rotatable bonds is 2. The van der Waals surface area contributed by atoms with Crippen molar-refractivity contribution >= 4 is 23.4 Å². The summed E-state index contributed by atoms with van der Waals surface area (Å²) < 4.78 is 5.61. The van der Waals surface area contributed by atoms with Crippen molar-refractivity contribution in [1.82, 2.24) is 9.97 Å². The Labute approximate surface area is 115 Å². The van der Waals surface area contributed by atoms with Crippen molar-refractivity contribution in [3.8, 4) is 5.75 Å². The largest absolute Gasteiger partial charge is 0.493 e. The minimum atomic E-state index is 0.108. The second kappa shape index (κ2) is 4.93. The number of ether oxygens (including phenoxy) is 1. The fourth-order valence-corrected chi connectivity index (χ4v) is 2.28. The van der Waals surface area contributed by atoms with E-state index >= 15 is 0 Å². The van der Waals surface area contributed by atoms with Crippen LogP contribution in [-0.2, 0) is 0 Å². The molecule has 1 unspecified atom stereocenters. The molecule has 0 amide bonds. The summed E-state index contributed by atoms with van der Waals surface area (Å²) in [5.74, 6) is 1.65. The zero-order chi connectivity index (χ0) is 13.2. The van der Waals surface area contributed by atoms with Gasteiger partial charge in [-0.3, -0.25) is 0 Å². The molecule has 6 heteroatoms. The van der Waals surface area contributed by atoms with Crippen molar-refractivity contribution in [3.05, 3.63) is 41.0 Å². The van der Waals surface area contributed by atoms with Crippen LogP contribution in [0.25, 0.3) is 0 Å². The maximum absolute atomic E-state index is 6.07. The monoisotopic (exact) mass is 276 g/mol. The van der Waals surface area contributed by atoms with Gasteiger partial charge in [0, 0.05) is 12.0 Å². The SMILES string of the molecule is Nc1ncc(Cl)c(NC2CCOc3ccccc32)n1. The second-order valence-electron chi connectivity index (χ2n) is 4.30. The van der Waals surface area contributed by atoms with Crippen LogP contribution in [0.4, 0.5) is 11.8 Å². The highest BCUT2D eigenvalue weighted by atomic mass is 35.5. The molecule has 0 saturated heterocycles. The van der Waals surface area contributed by atoms with E-state index in [-0.39, 0.29) is 12.0 Å². The first-order valence-corrected chi connectivity index (χ1v) is 6.38. The lowest BCUT2D eigenvalue weighted by atomic mass is 10.0. The van der Waals surface area contributed by atoms with Gasteiger partial charge in [-0.05, 0) is 6.07 Å². The Morgan fingerprint density at radius 1 is 1.37 bits per heavy atom. The van der Waals surface area contributed by atoms with E-state index in [1.54, 1.807) is 0 Å². The number of nitrogens with two attached hydrogens (primary N) is 1. The van der Waals surface area contributed by atoms with Crippen LogP contribution in [0, 0.1) is 0 Å². The third kappa shape index (κ3) is 2.42. The molecule has 98 valence electrons. The molecular formula is C13H13ClN4O. The number of para-hydroxylation sites is 1. The summed E-state index contributed by atoms with van der Waals surface area (Å²) in [4.78, 5) is 7.97. The fourth-order valence-electron chi connectivity index (χ4n) is 2.14. The number of hydrogen-bond acceptors (Lipinski definition) is 5. The normalized spacial score (nSPS) is 17.4. The average molecular weight is 277 g/mol. The molecule has 0 spiro atoms. The van der Waals surface area contributed by atoms with Crippen molar-refractivity contribution < 1.29 is 4.74 Å². The lowest BCUT2D eigenvalue weighted by molar-refractivity contribution is 0.274. The van der Waals surface area contributed by atoms with Gasteiger partial charge in [-0.2, -0.15) is 4.98 Å². The molecule has 1 aliphatic heterocycles. The Balaban J connectivity index is 1.90. The summed E-state index contributed by atoms with van der Waals surface area (Å²) in [5.41, 5.74) is 6.68. The topological polar surface area (TPSA) is 73.1 Å². The maximum atomic E-state index is 6.07. The molecule has 0 bridgehead atoms. The van der Waals surface area contributed by atoms with Crippen molar-refractivity contribution in [2.45, 2.75) is 12.5 Å². The van der Waals surface area contributed by atoms with Gasteiger partial charge in [0.1, 0.15) is 10.8 Å². The summed E-state index contributed by atoms with van der Waals surface area (Å²) in [7, 11) is 0. The number of hydrogen-bond donors (Lipinski definition) is 2. The highest BCUT2D eigenvalue weighted by molar-refractivity contribution is 6.32. The quantitative estimate of drug-likeness (QED) is 0.882. The molecule has 2 aromatic rings. The van der Waals surface area contributed by atoms with Crippen LogP contribution in [0.2, 0.25) is 5.02 Å². The van der Waals surface area contributed by atoms with E-state index in [0.29, 0.717) is 17.4 Å². The van der Waals surface area contributed by atoms with Crippen LogP contribution in [-0.4, -0.2) is 16.6 Å². The number of nitrogens with zero attached hydrogens (tertiary/aromatic N) is 2. The minimum absolute atomic E-state index is 0.108. The zero-order valence-corrected chi connectivity index (χ0v) is 10.9. The summed E-state index contributed by atoms with van der Waals surface area (Å²) >= 11 is 6.07. The summed E-state index contributed by atoms with van der Waals surface area (Å²) in [6.45, 7) is 0.660. The second-order valence-corrected chi connectivity index (χ2v) is 4.70. The molecule has 1 aromatic heterocycles. The average Bonchev–Trinajstić information content (AvgIpc) is 2.43. The van der Waals surface area contributed by atoms with E-state index in [4.69, 9.17) is 22.1 Å². The Kier molecular flexibility index (Phi) is 3.13. The number of fused-ring (bicyclic) bond motifs is 1. The third-order valence-corrected chi connectivity index (χ3v) is 3.31. The predicted octanol–water partition coefficient (Wildman–Crippen LogP) is 2.65. The van der Waals surface area contributed by atoms with Gasteiger partial charge in [0.25, 0.3) is 0 Å². The zero-order valence-electron chi connectivity index (χ0n) is 10.1. The molecule has 0 fully saturated rings. The van der Waals surface area contributed by atoms with Gasteiger partial charge < -0.3 is 15.8 Å². The van der Waals surface area contributed by atoms with E-state index in [9.17, 15) is 0 Å². The van der Waals surface area contributed by atoms with Crippen molar-refractivity contribution in [2.75, 3.05) is 17.7 Å². The Bertz CT molecular complexity index is 605. The van der Waals surface area contributed by atoms with Gasteiger partial charge in [0.05, 0.1) is 18.8 Å². The van der Waals surface area contributed by atoms with Crippen LogP contribution >= 0.6 is 11.6 Å². The van der Waals surface area contributed by atoms with Gasteiger partial charge in [0.15, 0.2) is 5.82 Å². The van der Waals surface area contributed by atoms with Crippen LogP contribution in [0.3, 0.4) is 0 Å². The molecule has 2 heterocycles. The van der Waals surface area contributed by atoms with E-state index in [0.717, 1.165) is 17.7 Å². The van der Waals surface area contributed by atoms with E-state index in [1.807, 2.05) is 24.3 Å². The summed E-state index contributed by atoms with van der Waals surface area (Å²) in [6.07, 6.45) is 2.34. The Hall–Kier alpha value is -2.01. The van der Waals surface area contributed by atoms with E-state index in [2.05, 4.69) is 15.3 Å². The lowest BCUT2D eigenvalue weighted by Gasteiger charge is -2.27. The third-order valence-electron chi connectivity index (χ3n) is 3.03. The van der Waals surface area contributed by atoms with Crippen molar-refractivity contribution in [1.29, 1.82) is 0 Å². The Morgan fingerprint density at radius 3 is 3.11 bits per heavy atom. The molecular weight excluding hydrogens is 264 g/mol. The number of halogens is 1. The summed E-state index contributed by atoms with van der Waals surface area (Å²) in [6, 6.07) is 8.04. The molecule has 19 heavy (non-hydrogen) atoms. The highest BCUT2D eigenvalue weighted by Crippen LogP contribution is 2.34. The highest BCUT2D eigenvalue weighted by Gasteiger charge is 2.22. The Morgan fingerprint density at radius 2 is 2.21 bits per heavy atom. The fraction of sp³-hybridized carbons (Fsp3) is 0.231. The smallest absolute Gasteiger partial charge is 0.222 e. The van der Waals surface area contributed by atoms with Crippen LogP contribution in [0.5, 0.6) is 5.75 Å². The predicted molar refractivity (Wildman–Crippen MR) is 74.4 cm³/mol. The standard InChI is InChI=1S/C13H13ClN4O/c14-9-7-16-13(15)18-12(9)17-10-5-6-19-11-4-2-1-3-8(10)11/h1-4,7,10H,5-6H2,(H3,15,16,17,18). The number of nitrogen functional groups attached to an aromatic ring is 1. The van der Waals surface area contributed by atoms with Gasteiger partial charge in [-0.1, -0.05) is 29.8 Å². The maximum Gasteiger partial charge on any atom is 0.222 e. The number of aromatic nitrogens is 2. The lowest BCUT2D eigenvalue weighted by Crippen LogP contribution is -2.21. The molecule has 1 atom stereocenters. The van der Waals surface area contributed by atoms with Gasteiger partial charge in [-0.15, -0.1) is 0 Å². The molecule has 1 aliphatic rings. The van der Waals surface area contributed by atoms with Crippen LogP contribution in [0.1, 0.15) is 18.0 Å². The first kappa shape index (κ1) is 12.0. The van der Waals surface area contributed by atoms with Crippen molar-refractivity contribution in [3.63, 3.8) is 0 Å². The molecule has 5 nitrogen and oxygen atoms in total. The molecule has 0 aliphatic carbocycles. The van der Waals surface area contributed by atoms with E-state index in [1.165, 1.54) is 6.20 Å². The van der Waals surface area contributed by atoms with E-state index < -0.39 is 0 Å². The molecule has 1 aromatic carbocycles. The van der Waals surface area contributed by atoms with Crippen molar-refractivity contribution in [2.24, 2.45) is 0 Å². The van der Waals surface area contributed by atoms with Gasteiger partial charge in [0.2, 0.25) is 5.95 Å². The van der Waals surface area contributed by atoms with Crippen LogP contribution < -0.4 is 15.8 Å². The number of nitrogens with one attached hydrogen (secondary N) is 1. The van der Waals surface area contributed by atoms with Gasteiger partial charge in [-0.25, -0.2) is 4.98 Å². The molecule has 0 saturated carbocycles. The first-order chi connectivity index (χ1) is 9.24. The molecule has 3 rings (SSSR count). The molecule has 3 N–H and O–H groups in total. The number of anilines is 2. The van der Waals surface area contributed by atoms with Crippen LogP contribution in [0.15, 0.2) is 30.5 Å². The molecule has 0 radical (unpaired) electrons. The number of benzene rings is 1. The minimum Gasteiger partial charge on any atom is -0.493 e. The summed E-state index contributed by atoms with van der Waals surface area (Å²) in [5, 5.41) is 3.76. The van der Waals surface area contributed by atoms with Gasteiger partial charge >= 0.3 is 0 Å². The first-order valence-electron chi connectivity index (χ1n) is 6.00.